The van der Waals surface area contributed by atoms with Crippen molar-refractivity contribution >= 4 is 33.4 Å². The molecule has 2 aromatic carbocycles. The van der Waals surface area contributed by atoms with Gasteiger partial charge in [0.25, 0.3) is 11.8 Å². The smallest absolute Gasteiger partial charge is 0.262 e. The number of hydrogen-bond acceptors (Lipinski definition) is 5. The Hall–Kier alpha value is -2.42. The van der Waals surface area contributed by atoms with Crippen molar-refractivity contribution in [3.63, 3.8) is 0 Å². The number of nitrogens with one attached hydrogen (secondary N) is 2. The van der Waals surface area contributed by atoms with Crippen molar-refractivity contribution in [3.8, 4) is 5.75 Å². The molecule has 0 spiro atoms. The minimum atomic E-state index is -0.298. The van der Waals surface area contributed by atoms with Crippen molar-refractivity contribution in [2.45, 2.75) is 26.1 Å². The first-order valence-electron chi connectivity index (χ1n) is 10.3. The highest BCUT2D eigenvalue weighted by Crippen LogP contribution is 2.18. The topological polar surface area (TPSA) is 79.9 Å². The summed E-state index contributed by atoms with van der Waals surface area (Å²) in [6.07, 6.45) is 0.384. The fourth-order valence-corrected chi connectivity index (χ4v) is 3.81. The Bertz CT molecular complexity index is 881. The first kappa shape index (κ1) is 23.2. The normalized spacial score (nSPS) is 18.9. The van der Waals surface area contributed by atoms with E-state index in [-0.39, 0.29) is 30.6 Å². The summed E-state index contributed by atoms with van der Waals surface area (Å²) < 4.78 is 12.3. The highest BCUT2D eigenvalue weighted by atomic mass is 79.9. The van der Waals surface area contributed by atoms with Gasteiger partial charge in [-0.2, -0.15) is 0 Å². The number of carbonyl (C=O) groups is 2. The molecule has 2 amide bonds. The largest absolute Gasteiger partial charge is 0.483 e. The fourth-order valence-electron chi connectivity index (χ4n) is 3.54. The van der Waals surface area contributed by atoms with E-state index in [0.717, 1.165) is 24.1 Å². The molecule has 2 N–H and O–H groups in total. The molecule has 0 aliphatic carbocycles. The van der Waals surface area contributed by atoms with Crippen LogP contribution in [-0.2, 0) is 9.53 Å². The molecular weight excluding hydrogens is 462 g/mol. The summed E-state index contributed by atoms with van der Waals surface area (Å²) in [5, 5.41) is 5.71. The van der Waals surface area contributed by atoms with Crippen molar-refractivity contribution < 1.29 is 19.1 Å². The summed E-state index contributed by atoms with van der Waals surface area (Å²) in [5.41, 5.74) is 1.08. The van der Waals surface area contributed by atoms with Gasteiger partial charge in [0.2, 0.25) is 0 Å². The van der Waals surface area contributed by atoms with E-state index in [4.69, 9.17) is 9.47 Å². The number of anilines is 1. The third-order valence-electron chi connectivity index (χ3n) is 4.83. The molecule has 2 aromatic rings. The van der Waals surface area contributed by atoms with Crippen LogP contribution in [0, 0.1) is 0 Å². The first-order chi connectivity index (χ1) is 14.9. The summed E-state index contributed by atoms with van der Waals surface area (Å²) in [6, 6.07) is 14.2. The highest BCUT2D eigenvalue weighted by Gasteiger charge is 2.22. The van der Waals surface area contributed by atoms with Crippen LogP contribution in [0.25, 0.3) is 0 Å². The molecule has 0 aromatic heterocycles. The van der Waals surface area contributed by atoms with Crippen molar-refractivity contribution in [2.24, 2.45) is 0 Å². The second-order valence-electron chi connectivity index (χ2n) is 7.61. The number of rotatable bonds is 8. The second kappa shape index (κ2) is 11.3. The average Bonchev–Trinajstić information content (AvgIpc) is 2.73. The molecule has 1 saturated heterocycles. The number of hydrogen-bond donors (Lipinski definition) is 2. The molecule has 1 heterocycles. The third kappa shape index (κ3) is 7.34. The van der Waals surface area contributed by atoms with E-state index < -0.39 is 0 Å². The van der Waals surface area contributed by atoms with Crippen molar-refractivity contribution in [1.82, 2.24) is 10.2 Å². The maximum absolute atomic E-state index is 12.7. The van der Waals surface area contributed by atoms with Crippen LogP contribution in [0.3, 0.4) is 0 Å². The van der Waals surface area contributed by atoms with Gasteiger partial charge in [0.1, 0.15) is 5.75 Å². The zero-order valence-corrected chi connectivity index (χ0v) is 19.4. The van der Waals surface area contributed by atoms with Crippen LogP contribution < -0.4 is 15.4 Å². The lowest BCUT2D eigenvalue weighted by molar-refractivity contribution is -0.118. The van der Waals surface area contributed by atoms with Crippen LogP contribution in [0.1, 0.15) is 24.2 Å². The molecule has 1 aliphatic heterocycles. The molecule has 31 heavy (non-hydrogen) atoms. The Kier molecular flexibility index (Phi) is 8.45. The minimum Gasteiger partial charge on any atom is -0.483 e. The molecule has 1 fully saturated rings. The maximum atomic E-state index is 12.7. The number of benzene rings is 2. The van der Waals surface area contributed by atoms with Crippen LogP contribution in [0.4, 0.5) is 5.69 Å². The van der Waals surface area contributed by atoms with E-state index in [0.29, 0.717) is 23.5 Å². The van der Waals surface area contributed by atoms with Crippen LogP contribution in [0.15, 0.2) is 53.0 Å². The number of amides is 2. The van der Waals surface area contributed by atoms with Crippen molar-refractivity contribution in [3.05, 3.63) is 58.6 Å². The molecule has 2 atom stereocenters. The Morgan fingerprint density at radius 3 is 2.48 bits per heavy atom. The van der Waals surface area contributed by atoms with Gasteiger partial charge in [-0.3, -0.25) is 14.5 Å². The number of nitrogens with zero attached hydrogens (tertiary/aromatic N) is 1. The number of para-hydroxylation sites is 1. The number of halogens is 1. The van der Waals surface area contributed by atoms with Gasteiger partial charge in [-0.25, -0.2) is 0 Å². The summed E-state index contributed by atoms with van der Waals surface area (Å²) in [6.45, 7) is 6.91. The van der Waals surface area contributed by atoms with Crippen LogP contribution in [0.2, 0.25) is 0 Å². The molecule has 2 unspecified atom stereocenters. The Balaban J connectivity index is 1.49. The van der Waals surface area contributed by atoms with Gasteiger partial charge in [-0.05, 0) is 50.2 Å². The lowest BCUT2D eigenvalue weighted by Gasteiger charge is -2.35. The molecule has 166 valence electrons. The Morgan fingerprint density at radius 1 is 1.10 bits per heavy atom. The van der Waals surface area contributed by atoms with Crippen LogP contribution in [-0.4, -0.2) is 61.7 Å². The standard InChI is InChI=1S/C23H28BrN3O4/c1-16-13-27(14-17(2)31-16)12-11-25-23(29)20-5-3-4-6-21(20)30-15-22(28)26-19-9-7-18(24)8-10-19/h3-10,16-17H,11-15H2,1-2H3,(H,25,29)(H,26,28). The molecule has 0 radical (unpaired) electrons. The van der Waals surface area contributed by atoms with Crippen molar-refractivity contribution in [1.29, 1.82) is 0 Å². The lowest BCUT2D eigenvalue weighted by atomic mass is 10.2. The van der Waals surface area contributed by atoms with Crippen molar-refractivity contribution in [2.75, 3.05) is 38.1 Å². The van der Waals surface area contributed by atoms with E-state index in [9.17, 15) is 9.59 Å². The van der Waals surface area contributed by atoms with Gasteiger partial charge in [-0.15, -0.1) is 0 Å². The predicted molar refractivity (Wildman–Crippen MR) is 123 cm³/mol. The summed E-state index contributed by atoms with van der Waals surface area (Å²) >= 11 is 3.36. The Morgan fingerprint density at radius 2 is 1.77 bits per heavy atom. The van der Waals surface area contributed by atoms with Gasteiger partial charge < -0.3 is 20.1 Å². The zero-order valence-electron chi connectivity index (χ0n) is 17.8. The highest BCUT2D eigenvalue weighted by molar-refractivity contribution is 9.10. The zero-order chi connectivity index (χ0) is 22.2. The van der Waals surface area contributed by atoms with E-state index >= 15 is 0 Å². The Labute approximate surface area is 191 Å². The maximum Gasteiger partial charge on any atom is 0.262 e. The van der Waals surface area contributed by atoms with Gasteiger partial charge in [-0.1, -0.05) is 28.1 Å². The van der Waals surface area contributed by atoms with E-state index in [1.807, 2.05) is 12.1 Å². The van der Waals surface area contributed by atoms with Crippen LogP contribution >= 0.6 is 15.9 Å². The molecule has 8 heteroatoms. The van der Waals surface area contributed by atoms with Crippen LogP contribution in [0.5, 0.6) is 5.75 Å². The van der Waals surface area contributed by atoms with E-state index in [2.05, 4.69) is 45.3 Å². The quantitative estimate of drug-likeness (QED) is 0.594. The fraction of sp³-hybridized carbons (Fsp3) is 0.391. The molecule has 0 saturated carbocycles. The first-order valence-corrected chi connectivity index (χ1v) is 11.1. The lowest BCUT2D eigenvalue weighted by Crippen LogP contribution is -2.47. The minimum absolute atomic E-state index is 0.191. The number of carbonyl (C=O) groups excluding carboxylic acids is 2. The summed E-state index contributed by atoms with van der Waals surface area (Å²) in [7, 11) is 0. The molecule has 1 aliphatic rings. The van der Waals surface area contributed by atoms with Gasteiger partial charge >= 0.3 is 0 Å². The summed E-state index contributed by atoms with van der Waals surface area (Å²) in [5.74, 6) is -0.147. The number of morpholine rings is 1. The van der Waals surface area contributed by atoms with E-state index in [1.165, 1.54) is 0 Å². The average molecular weight is 490 g/mol. The summed E-state index contributed by atoms with van der Waals surface area (Å²) in [4.78, 5) is 27.1. The monoisotopic (exact) mass is 489 g/mol. The van der Waals surface area contributed by atoms with E-state index in [1.54, 1.807) is 36.4 Å². The number of ether oxygens (including phenoxy) is 2. The predicted octanol–water partition coefficient (Wildman–Crippen LogP) is 3.31. The van der Waals surface area contributed by atoms with Gasteiger partial charge in [0.05, 0.1) is 17.8 Å². The molecular formula is C23H28BrN3O4. The SMILES string of the molecule is CC1CN(CCNC(=O)c2ccccc2OCC(=O)Nc2ccc(Br)cc2)CC(C)O1. The molecule has 3 rings (SSSR count). The van der Waals surface area contributed by atoms with Gasteiger partial charge in [0, 0.05) is 36.3 Å². The van der Waals surface area contributed by atoms with Gasteiger partial charge in [0.15, 0.2) is 6.61 Å². The molecule has 0 bridgehead atoms. The molecule has 7 nitrogen and oxygen atoms in total. The third-order valence-corrected chi connectivity index (χ3v) is 5.36. The second-order valence-corrected chi connectivity index (χ2v) is 8.53.